The average Bonchev–Trinajstić information content (AvgIpc) is 2.51. The van der Waals surface area contributed by atoms with Gasteiger partial charge in [-0.25, -0.2) is 4.98 Å². The Morgan fingerprint density at radius 3 is 2.52 bits per heavy atom. The summed E-state index contributed by atoms with van der Waals surface area (Å²) in [5, 5.41) is 6.54. The second kappa shape index (κ2) is 8.33. The highest BCUT2D eigenvalue weighted by Crippen LogP contribution is 2.20. The molecule has 0 unspecified atom stereocenters. The molecule has 124 valence electrons. The summed E-state index contributed by atoms with van der Waals surface area (Å²) in [5.41, 5.74) is 3.08. The summed E-state index contributed by atoms with van der Waals surface area (Å²) in [7, 11) is 5.75. The first-order chi connectivity index (χ1) is 11.1. The van der Waals surface area contributed by atoms with E-state index < -0.39 is 0 Å². The maximum Gasteiger partial charge on any atom is 0.224 e. The van der Waals surface area contributed by atoms with Crippen LogP contribution in [0.3, 0.4) is 0 Å². The predicted molar refractivity (Wildman–Crippen MR) is 95.8 cm³/mol. The van der Waals surface area contributed by atoms with E-state index >= 15 is 0 Å². The third kappa shape index (κ3) is 5.41. The van der Waals surface area contributed by atoms with Crippen molar-refractivity contribution in [2.24, 2.45) is 0 Å². The van der Waals surface area contributed by atoms with E-state index in [0.29, 0.717) is 5.95 Å². The van der Waals surface area contributed by atoms with Crippen molar-refractivity contribution in [2.45, 2.75) is 13.3 Å². The fourth-order valence-corrected chi connectivity index (χ4v) is 2.12. The van der Waals surface area contributed by atoms with E-state index in [0.717, 1.165) is 42.5 Å². The Balaban J connectivity index is 2.02. The van der Waals surface area contributed by atoms with Crippen LogP contribution in [0.2, 0.25) is 0 Å². The van der Waals surface area contributed by atoms with E-state index in [1.807, 2.05) is 39.2 Å². The summed E-state index contributed by atoms with van der Waals surface area (Å²) < 4.78 is 5.04. The molecule has 0 saturated heterocycles. The molecule has 1 aromatic heterocycles. The van der Waals surface area contributed by atoms with Gasteiger partial charge in [0.05, 0.1) is 0 Å². The highest BCUT2D eigenvalue weighted by molar-refractivity contribution is 5.61. The zero-order valence-electron chi connectivity index (χ0n) is 14.3. The lowest BCUT2D eigenvalue weighted by molar-refractivity contribution is 0.197. The van der Waals surface area contributed by atoms with Crippen LogP contribution in [-0.4, -0.2) is 44.3 Å². The zero-order chi connectivity index (χ0) is 16.7. The van der Waals surface area contributed by atoms with Gasteiger partial charge in [-0.2, -0.15) is 4.98 Å². The molecule has 1 heterocycles. The normalized spacial score (nSPS) is 10.4. The van der Waals surface area contributed by atoms with Crippen molar-refractivity contribution in [1.29, 1.82) is 0 Å². The molecular weight excluding hydrogens is 290 g/mol. The SMILES string of the molecule is COCCCNc1nc(C)cc(Nc2ccc(N(C)C)cc2)n1. The van der Waals surface area contributed by atoms with Crippen LogP contribution in [-0.2, 0) is 4.74 Å². The summed E-state index contributed by atoms with van der Waals surface area (Å²) in [6, 6.07) is 10.2. The molecule has 0 saturated carbocycles. The first-order valence-corrected chi connectivity index (χ1v) is 7.71. The van der Waals surface area contributed by atoms with Crippen molar-refractivity contribution in [3.63, 3.8) is 0 Å². The zero-order valence-corrected chi connectivity index (χ0v) is 14.3. The molecule has 2 N–H and O–H groups in total. The Hall–Kier alpha value is -2.34. The van der Waals surface area contributed by atoms with Gasteiger partial charge in [-0.15, -0.1) is 0 Å². The molecule has 1 aromatic carbocycles. The summed E-state index contributed by atoms with van der Waals surface area (Å²) >= 11 is 0. The molecule has 0 bridgehead atoms. The molecule has 0 aliphatic heterocycles. The molecule has 0 aliphatic carbocycles. The third-order valence-corrected chi connectivity index (χ3v) is 3.32. The number of nitrogens with zero attached hydrogens (tertiary/aromatic N) is 3. The molecule has 0 atom stereocenters. The molecule has 6 heteroatoms. The van der Waals surface area contributed by atoms with Crippen LogP contribution in [0, 0.1) is 6.92 Å². The van der Waals surface area contributed by atoms with Crippen molar-refractivity contribution < 1.29 is 4.74 Å². The van der Waals surface area contributed by atoms with Crippen LogP contribution in [0.5, 0.6) is 0 Å². The molecule has 6 nitrogen and oxygen atoms in total. The molecule has 0 amide bonds. The van der Waals surface area contributed by atoms with Crippen molar-refractivity contribution >= 4 is 23.1 Å². The summed E-state index contributed by atoms with van der Waals surface area (Å²) in [6.07, 6.45) is 0.919. The Morgan fingerprint density at radius 2 is 1.87 bits per heavy atom. The molecule has 0 aliphatic rings. The number of hydrogen-bond donors (Lipinski definition) is 2. The average molecular weight is 315 g/mol. The summed E-state index contributed by atoms with van der Waals surface area (Å²) in [5.74, 6) is 1.41. The van der Waals surface area contributed by atoms with Crippen molar-refractivity contribution in [2.75, 3.05) is 49.9 Å². The minimum atomic E-state index is 0.633. The van der Waals surface area contributed by atoms with Crippen molar-refractivity contribution in [1.82, 2.24) is 9.97 Å². The van der Waals surface area contributed by atoms with Gasteiger partial charge in [0.25, 0.3) is 0 Å². The van der Waals surface area contributed by atoms with Crippen molar-refractivity contribution in [3.8, 4) is 0 Å². The van der Waals surface area contributed by atoms with Crippen LogP contribution < -0.4 is 15.5 Å². The summed E-state index contributed by atoms with van der Waals surface area (Å²) in [4.78, 5) is 11.0. The lowest BCUT2D eigenvalue weighted by Gasteiger charge is -2.14. The third-order valence-electron chi connectivity index (χ3n) is 3.32. The molecule has 0 radical (unpaired) electrons. The summed E-state index contributed by atoms with van der Waals surface area (Å²) in [6.45, 7) is 3.47. The molecule has 0 fully saturated rings. The number of aryl methyl sites for hydroxylation is 1. The lowest BCUT2D eigenvalue weighted by Crippen LogP contribution is -2.09. The monoisotopic (exact) mass is 315 g/mol. The van der Waals surface area contributed by atoms with Crippen LogP contribution >= 0.6 is 0 Å². The van der Waals surface area contributed by atoms with Gasteiger partial charge in [0.1, 0.15) is 5.82 Å². The van der Waals surface area contributed by atoms with Gasteiger partial charge in [-0.3, -0.25) is 0 Å². The second-order valence-electron chi connectivity index (χ2n) is 5.56. The highest BCUT2D eigenvalue weighted by atomic mass is 16.5. The lowest BCUT2D eigenvalue weighted by atomic mass is 10.2. The van der Waals surface area contributed by atoms with E-state index in [1.165, 1.54) is 0 Å². The number of methoxy groups -OCH3 is 1. The van der Waals surface area contributed by atoms with Gasteiger partial charge in [0.2, 0.25) is 5.95 Å². The van der Waals surface area contributed by atoms with Crippen LogP contribution in [0.15, 0.2) is 30.3 Å². The first kappa shape index (κ1) is 17.0. The van der Waals surface area contributed by atoms with E-state index in [2.05, 4.69) is 37.6 Å². The molecule has 2 rings (SSSR count). The maximum atomic E-state index is 5.04. The number of aromatic nitrogens is 2. The van der Waals surface area contributed by atoms with Crippen LogP contribution in [0.4, 0.5) is 23.1 Å². The quantitative estimate of drug-likeness (QED) is 0.730. The van der Waals surface area contributed by atoms with Crippen LogP contribution in [0.25, 0.3) is 0 Å². The van der Waals surface area contributed by atoms with Gasteiger partial charge >= 0.3 is 0 Å². The Bertz CT molecular complexity index is 613. The van der Waals surface area contributed by atoms with Crippen molar-refractivity contribution in [3.05, 3.63) is 36.0 Å². The van der Waals surface area contributed by atoms with E-state index in [1.54, 1.807) is 7.11 Å². The smallest absolute Gasteiger partial charge is 0.224 e. The second-order valence-corrected chi connectivity index (χ2v) is 5.56. The number of anilines is 4. The fraction of sp³-hybridized carbons (Fsp3) is 0.412. The van der Waals surface area contributed by atoms with E-state index in [4.69, 9.17) is 4.74 Å². The highest BCUT2D eigenvalue weighted by Gasteiger charge is 2.03. The maximum absolute atomic E-state index is 5.04. The number of hydrogen-bond acceptors (Lipinski definition) is 6. The molecule has 2 aromatic rings. The largest absolute Gasteiger partial charge is 0.385 e. The Kier molecular flexibility index (Phi) is 6.17. The number of benzene rings is 1. The Labute approximate surface area is 137 Å². The molecule has 0 spiro atoms. The van der Waals surface area contributed by atoms with Gasteiger partial charge in [-0.1, -0.05) is 0 Å². The van der Waals surface area contributed by atoms with Crippen LogP contribution in [0.1, 0.15) is 12.1 Å². The van der Waals surface area contributed by atoms with Gasteiger partial charge in [0.15, 0.2) is 0 Å². The van der Waals surface area contributed by atoms with E-state index in [-0.39, 0.29) is 0 Å². The van der Waals surface area contributed by atoms with Gasteiger partial charge in [-0.05, 0) is 37.6 Å². The minimum absolute atomic E-state index is 0.633. The standard InChI is InChI=1S/C17H25N5O/c1-13-12-16(21-17(19-13)18-10-5-11-23-4)20-14-6-8-15(9-7-14)22(2)3/h6-9,12H,5,10-11H2,1-4H3,(H2,18,19,20,21). The number of rotatable bonds is 8. The molecular formula is C17H25N5O. The first-order valence-electron chi connectivity index (χ1n) is 7.71. The Morgan fingerprint density at radius 1 is 1.13 bits per heavy atom. The number of ether oxygens (including phenoxy) is 1. The minimum Gasteiger partial charge on any atom is -0.385 e. The topological polar surface area (TPSA) is 62.3 Å². The fourth-order valence-electron chi connectivity index (χ4n) is 2.12. The molecule has 23 heavy (non-hydrogen) atoms. The predicted octanol–water partition coefficient (Wildman–Crippen LogP) is 3.04. The van der Waals surface area contributed by atoms with Gasteiger partial charge < -0.3 is 20.3 Å². The number of nitrogens with one attached hydrogen (secondary N) is 2. The van der Waals surface area contributed by atoms with Gasteiger partial charge in [0, 0.05) is 57.5 Å². The van der Waals surface area contributed by atoms with E-state index in [9.17, 15) is 0 Å².